The van der Waals surface area contributed by atoms with E-state index in [9.17, 15) is 4.79 Å². The molecule has 1 saturated heterocycles. The van der Waals surface area contributed by atoms with Gasteiger partial charge in [-0.2, -0.15) is 0 Å². The van der Waals surface area contributed by atoms with Crippen LogP contribution < -0.4 is 5.32 Å². The molecule has 19 heavy (non-hydrogen) atoms. The molecule has 0 bridgehead atoms. The number of ether oxygens (including phenoxy) is 2. The van der Waals surface area contributed by atoms with Gasteiger partial charge in [-0.25, -0.2) is 0 Å². The predicted molar refractivity (Wildman–Crippen MR) is 73.6 cm³/mol. The van der Waals surface area contributed by atoms with E-state index in [1.165, 1.54) is 0 Å². The first-order valence-corrected chi connectivity index (χ1v) is 6.87. The zero-order valence-electron chi connectivity index (χ0n) is 10.7. The van der Waals surface area contributed by atoms with Crippen molar-refractivity contribution in [2.75, 3.05) is 26.4 Å². The van der Waals surface area contributed by atoms with E-state index < -0.39 is 0 Å². The van der Waals surface area contributed by atoms with Crippen molar-refractivity contribution in [1.29, 1.82) is 0 Å². The summed E-state index contributed by atoms with van der Waals surface area (Å²) in [6, 6.07) is 7.04. The van der Waals surface area contributed by atoms with Gasteiger partial charge in [-0.3, -0.25) is 4.79 Å². The Bertz CT molecular complexity index is 421. The highest BCUT2D eigenvalue weighted by Crippen LogP contribution is 2.14. The Hall–Kier alpha value is -1.10. The van der Waals surface area contributed by atoms with Gasteiger partial charge in [0.1, 0.15) is 6.10 Å². The lowest BCUT2D eigenvalue weighted by Crippen LogP contribution is -2.24. The molecule has 2 rings (SSSR count). The van der Waals surface area contributed by atoms with Crippen molar-refractivity contribution < 1.29 is 14.3 Å². The van der Waals surface area contributed by atoms with E-state index in [2.05, 4.69) is 5.32 Å². The second-order valence-corrected chi connectivity index (χ2v) is 4.88. The van der Waals surface area contributed by atoms with E-state index in [-0.39, 0.29) is 5.91 Å². The molecule has 0 aliphatic carbocycles. The van der Waals surface area contributed by atoms with Crippen LogP contribution >= 0.6 is 11.6 Å². The lowest BCUT2D eigenvalue weighted by molar-refractivity contribution is 0.0945. The van der Waals surface area contributed by atoms with Gasteiger partial charge < -0.3 is 14.8 Å². The molecule has 1 heterocycles. The molecule has 5 heteroatoms. The maximum Gasteiger partial charge on any atom is 0.252 e. The Morgan fingerprint density at radius 2 is 2.21 bits per heavy atom. The number of epoxide rings is 1. The van der Waals surface area contributed by atoms with Gasteiger partial charge in [-0.1, -0.05) is 23.7 Å². The minimum atomic E-state index is -0.127. The van der Waals surface area contributed by atoms with Crippen molar-refractivity contribution in [2.45, 2.75) is 18.9 Å². The van der Waals surface area contributed by atoms with Crippen LogP contribution in [0.25, 0.3) is 0 Å². The van der Waals surface area contributed by atoms with Crippen LogP contribution in [-0.2, 0) is 9.47 Å². The lowest BCUT2D eigenvalue weighted by Gasteiger charge is -2.06. The van der Waals surface area contributed by atoms with Gasteiger partial charge in [0.15, 0.2) is 0 Å². The molecule has 104 valence electrons. The number of carbonyl (C=O) groups is 1. The molecular formula is C14H18ClNO3. The van der Waals surface area contributed by atoms with Crippen molar-refractivity contribution in [3.63, 3.8) is 0 Å². The van der Waals surface area contributed by atoms with E-state index in [1.54, 1.807) is 24.3 Å². The van der Waals surface area contributed by atoms with Crippen LogP contribution in [0.2, 0.25) is 5.02 Å². The summed E-state index contributed by atoms with van der Waals surface area (Å²) in [4.78, 5) is 11.8. The van der Waals surface area contributed by atoms with Crippen molar-refractivity contribution >= 4 is 17.5 Å². The van der Waals surface area contributed by atoms with Gasteiger partial charge in [-0.15, -0.1) is 0 Å². The molecule has 0 spiro atoms. The number of benzene rings is 1. The third kappa shape index (κ3) is 5.19. The summed E-state index contributed by atoms with van der Waals surface area (Å²) >= 11 is 5.94. The molecule has 1 N–H and O–H groups in total. The third-order valence-electron chi connectivity index (χ3n) is 2.83. The quantitative estimate of drug-likeness (QED) is 0.588. The maximum absolute atomic E-state index is 11.8. The number of hydrogen-bond donors (Lipinski definition) is 1. The van der Waals surface area contributed by atoms with E-state index in [0.29, 0.717) is 36.4 Å². The Labute approximate surface area is 118 Å². The number of rotatable bonds is 8. The lowest BCUT2D eigenvalue weighted by atomic mass is 10.2. The average molecular weight is 284 g/mol. The van der Waals surface area contributed by atoms with Crippen LogP contribution in [0, 0.1) is 0 Å². The molecule has 1 aromatic carbocycles. The standard InChI is InChI=1S/C14H18ClNO3/c15-13-6-2-1-5-12(13)14(17)16-7-3-4-8-18-9-11-10-19-11/h1-2,5-6,11H,3-4,7-10H2,(H,16,17). The molecule has 0 saturated carbocycles. The molecule has 1 aliphatic rings. The van der Waals surface area contributed by atoms with Crippen molar-refractivity contribution in [3.8, 4) is 0 Å². The van der Waals surface area contributed by atoms with Gasteiger partial charge in [0, 0.05) is 13.2 Å². The number of amides is 1. The van der Waals surface area contributed by atoms with Gasteiger partial charge in [-0.05, 0) is 25.0 Å². The minimum Gasteiger partial charge on any atom is -0.379 e. The monoisotopic (exact) mass is 283 g/mol. The first-order chi connectivity index (χ1) is 9.27. The predicted octanol–water partition coefficient (Wildman–Crippen LogP) is 2.27. The molecule has 1 fully saturated rings. The summed E-state index contributed by atoms with van der Waals surface area (Å²) in [5, 5.41) is 3.33. The van der Waals surface area contributed by atoms with E-state index in [1.807, 2.05) is 0 Å². The molecular weight excluding hydrogens is 266 g/mol. The third-order valence-corrected chi connectivity index (χ3v) is 3.16. The summed E-state index contributed by atoms with van der Waals surface area (Å²) in [6.07, 6.45) is 2.14. The van der Waals surface area contributed by atoms with Crippen LogP contribution in [0.3, 0.4) is 0 Å². The Kier molecular flexibility index (Phi) is 5.63. The van der Waals surface area contributed by atoms with Gasteiger partial charge >= 0.3 is 0 Å². The highest BCUT2D eigenvalue weighted by Gasteiger charge is 2.21. The SMILES string of the molecule is O=C(NCCCCOCC1CO1)c1ccccc1Cl. The number of carbonyl (C=O) groups excluding carboxylic acids is 1. The van der Waals surface area contributed by atoms with Gasteiger partial charge in [0.05, 0.1) is 23.8 Å². The first kappa shape index (κ1) is 14.3. The summed E-state index contributed by atoms with van der Waals surface area (Å²) in [5.41, 5.74) is 0.520. The molecule has 1 aromatic rings. The van der Waals surface area contributed by atoms with Crippen LogP contribution in [0.5, 0.6) is 0 Å². The molecule has 1 atom stereocenters. The smallest absolute Gasteiger partial charge is 0.252 e. The highest BCUT2D eigenvalue weighted by atomic mass is 35.5. The summed E-state index contributed by atoms with van der Waals surface area (Å²) in [6.45, 7) is 2.86. The zero-order valence-corrected chi connectivity index (χ0v) is 11.5. The summed E-state index contributed by atoms with van der Waals surface area (Å²) < 4.78 is 10.4. The second-order valence-electron chi connectivity index (χ2n) is 4.47. The van der Waals surface area contributed by atoms with Crippen molar-refractivity contribution in [1.82, 2.24) is 5.32 Å². The van der Waals surface area contributed by atoms with Crippen molar-refractivity contribution in [3.05, 3.63) is 34.9 Å². The van der Waals surface area contributed by atoms with E-state index in [4.69, 9.17) is 21.1 Å². The molecule has 1 aliphatic heterocycles. The second kappa shape index (κ2) is 7.48. The average Bonchev–Trinajstić information content (AvgIpc) is 3.22. The molecule has 4 nitrogen and oxygen atoms in total. The van der Waals surface area contributed by atoms with Crippen LogP contribution in [-0.4, -0.2) is 38.4 Å². The number of unbranched alkanes of at least 4 members (excludes halogenated alkanes) is 1. The summed E-state index contributed by atoms with van der Waals surface area (Å²) in [7, 11) is 0. The summed E-state index contributed by atoms with van der Waals surface area (Å²) in [5.74, 6) is -0.127. The van der Waals surface area contributed by atoms with E-state index >= 15 is 0 Å². The van der Waals surface area contributed by atoms with Crippen molar-refractivity contribution in [2.24, 2.45) is 0 Å². The Morgan fingerprint density at radius 3 is 2.95 bits per heavy atom. The van der Waals surface area contributed by atoms with Gasteiger partial charge in [0.2, 0.25) is 0 Å². The molecule has 1 amide bonds. The zero-order chi connectivity index (χ0) is 13.5. The fraction of sp³-hybridized carbons (Fsp3) is 0.500. The maximum atomic E-state index is 11.8. The normalized spacial score (nSPS) is 17.2. The Balaban J connectivity index is 1.55. The number of nitrogens with one attached hydrogen (secondary N) is 1. The van der Waals surface area contributed by atoms with E-state index in [0.717, 1.165) is 19.4 Å². The van der Waals surface area contributed by atoms with Crippen LogP contribution in [0.15, 0.2) is 24.3 Å². The van der Waals surface area contributed by atoms with Gasteiger partial charge in [0.25, 0.3) is 5.91 Å². The number of halogens is 1. The Morgan fingerprint density at radius 1 is 1.42 bits per heavy atom. The highest BCUT2D eigenvalue weighted by molar-refractivity contribution is 6.33. The fourth-order valence-electron chi connectivity index (χ4n) is 1.65. The first-order valence-electron chi connectivity index (χ1n) is 6.49. The van der Waals surface area contributed by atoms with Crippen LogP contribution in [0.1, 0.15) is 23.2 Å². The minimum absolute atomic E-state index is 0.127. The topological polar surface area (TPSA) is 50.9 Å². The molecule has 0 aromatic heterocycles. The van der Waals surface area contributed by atoms with Crippen LogP contribution in [0.4, 0.5) is 0 Å². The largest absolute Gasteiger partial charge is 0.379 e. The molecule has 1 unspecified atom stereocenters. The molecule has 0 radical (unpaired) electrons. The number of hydrogen-bond acceptors (Lipinski definition) is 3. The fourth-order valence-corrected chi connectivity index (χ4v) is 1.87.